The van der Waals surface area contributed by atoms with Crippen LogP contribution in [0.1, 0.15) is 18.9 Å². The molecular formula is C15H22N2O2S. The molecule has 0 aromatic heterocycles. The summed E-state index contributed by atoms with van der Waals surface area (Å²) in [5.74, 6) is 2.02. The van der Waals surface area contributed by atoms with Gasteiger partial charge >= 0.3 is 6.03 Å². The SMILES string of the molecule is CC(O)(CCNC(=O)N1CCSCC1)c1ccccc1. The number of hydrogen-bond acceptors (Lipinski definition) is 3. The predicted molar refractivity (Wildman–Crippen MR) is 82.9 cm³/mol. The second kappa shape index (κ2) is 6.99. The number of rotatable bonds is 4. The van der Waals surface area contributed by atoms with Crippen LogP contribution < -0.4 is 5.32 Å². The summed E-state index contributed by atoms with van der Waals surface area (Å²) in [6.07, 6.45) is 0.505. The molecule has 2 rings (SSSR count). The van der Waals surface area contributed by atoms with Gasteiger partial charge in [-0.2, -0.15) is 11.8 Å². The normalized spacial score (nSPS) is 18.4. The van der Waals surface area contributed by atoms with Crippen LogP contribution in [0.3, 0.4) is 0 Å². The second-order valence-electron chi connectivity index (χ2n) is 5.22. The zero-order valence-corrected chi connectivity index (χ0v) is 12.7. The lowest BCUT2D eigenvalue weighted by atomic mass is 9.93. The van der Waals surface area contributed by atoms with Crippen molar-refractivity contribution in [2.45, 2.75) is 18.9 Å². The first-order valence-corrected chi connectivity index (χ1v) is 8.13. The third-order valence-electron chi connectivity index (χ3n) is 3.58. The first kappa shape index (κ1) is 15.2. The Bertz CT molecular complexity index is 431. The van der Waals surface area contributed by atoms with Crippen LogP contribution in [0.5, 0.6) is 0 Å². The van der Waals surface area contributed by atoms with E-state index in [1.807, 2.05) is 47.0 Å². The van der Waals surface area contributed by atoms with Crippen LogP contribution >= 0.6 is 11.8 Å². The average molecular weight is 294 g/mol. The minimum atomic E-state index is -0.910. The van der Waals surface area contributed by atoms with Crippen LogP contribution in [-0.2, 0) is 5.60 Å². The molecule has 2 N–H and O–H groups in total. The minimum absolute atomic E-state index is 0.0193. The summed E-state index contributed by atoms with van der Waals surface area (Å²) in [6.45, 7) is 3.88. The maximum atomic E-state index is 11.9. The number of hydrogen-bond donors (Lipinski definition) is 2. The van der Waals surface area contributed by atoms with Crippen LogP contribution in [-0.4, -0.2) is 47.2 Å². The zero-order chi connectivity index (χ0) is 14.4. The van der Waals surface area contributed by atoms with Crippen LogP contribution in [0.2, 0.25) is 0 Å². The van der Waals surface area contributed by atoms with Gasteiger partial charge in [-0.05, 0) is 18.9 Å². The Hall–Kier alpha value is -1.20. The quantitative estimate of drug-likeness (QED) is 0.893. The van der Waals surface area contributed by atoms with E-state index in [1.54, 1.807) is 6.92 Å². The summed E-state index contributed by atoms with van der Waals surface area (Å²) in [5, 5.41) is 13.3. The van der Waals surface area contributed by atoms with E-state index < -0.39 is 5.60 Å². The molecule has 1 heterocycles. The maximum absolute atomic E-state index is 11.9. The van der Waals surface area contributed by atoms with Gasteiger partial charge in [0.05, 0.1) is 5.60 Å². The van der Waals surface area contributed by atoms with E-state index in [9.17, 15) is 9.90 Å². The fraction of sp³-hybridized carbons (Fsp3) is 0.533. The highest BCUT2D eigenvalue weighted by atomic mass is 32.2. The van der Waals surface area contributed by atoms with E-state index in [1.165, 1.54) is 0 Å². The molecule has 0 spiro atoms. The first-order valence-electron chi connectivity index (χ1n) is 6.98. The average Bonchev–Trinajstić information content (AvgIpc) is 2.49. The van der Waals surface area contributed by atoms with Crippen LogP contribution in [0.4, 0.5) is 4.79 Å². The van der Waals surface area contributed by atoms with Crippen molar-refractivity contribution in [1.29, 1.82) is 0 Å². The van der Waals surface area contributed by atoms with Gasteiger partial charge in [-0.1, -0.05) is 30.3 Å². The molecule has 20 heavy (non-hydrogen) atoms. The number of thioether (sulfide) groups is 1. The summed E-state index contributed by atoms with van der Waals surface area (Å²) >= 11 is 1.88. The van der Waals surface area contributed by atoms with Crippen molar-refractivity contribution in [2.24, 2.45) is 0 Å². The molecule has 0 bridgehead atoms. The molecule has 1 fully saturated rings. The summed E-state index contributed by atoms with van der Waals surface area (Å²) in [6, 6.07) is 9.54. The molecule has 0 aliphatic carbocycles. The molecular weight excluding hydrogens is 272 g/mol. The smallest absolute Gasteiger partial charge is 0.317 e. The Balaban J connectivity index is 1.78. The van der Waals surface area contributed by atoms with Crippen LogP contribution in [0.15, 0.2) is 30.3 Å². The van der Waals surface area contributed by atoms with Gasteiger partial charge in [-0.3, -0.25) is 0 Å². The van der Waals surface area contributed by atoms with Gasteiger partial charge in [0.15, 0.2) is 0 Å². The Labute approximate surface area is 124 Å². The fourth-order valence-electron chi connectivity index (χ4n) is 2.23. The van der Waals surface area contributed by atoms with Crippen molar-refractivity contribution in [2.75, 3.05) is 31.1 Å². The van der Waals surface area contributed by atoms with E-state index >= 15 is 0 Å². The van der Waals surface area contributed by atoms with Crippen LogP contribution in [0.25, 0.3) is 0 Å². The number of nitrogens with one attached hydrogen (secondary N) is 1. The standard InChI is InChI=1S/C15H22N2O2S/c1-15(19,13-5-3-2-4-6-13)7-8-16-14(18)17-9-11-20-12-10-17/h2-6,19H,7-12H2,1H3,(H,16,18). The van der Waals surface area contributed by atoms with E-state index in [0.29, 0.717) is 13.0 Å². The van der Waals surface area contributed by atoms with Gasteiger partial charge in [-0.15, -0.1) is 0 Å². The number of amides is 2. The van der Waals surface area contributed by atoms with Crippen molar-refractivity contribution in [3.63, 3.8) is 0 Å². The highest BCUT2D eigenvalue weighted by Crippen LogP contribution is 2.23. The monoisotopic (exact) mass is 294 g/mol. The molecule has 110 valence electrons. The molecule has 0 saturated carbocycles. The molecule has 1 aromatic carbocycles. The van der Waals surface area contributed by atoms with Crippen molar-refractivity contribution in [3.8, 4) is 0 Å². The van der Waals surface area contributed by atoms with E-state index in [0.717, 1.165) is 30.2 Å². The molecule has 1 atom stereocenters. The molecule has 1 aromatic rings. The third-order valence-corrected chi connectivity index (χ3v) is 4.52. The predicted octanol–water partition coefficient (Wildman–Crippen LogP) is 2.04. The number of benzene rings is 1. The number of aliphatic hydroxyl groups is 1. The Morgan fingerprint density at radius 1 is 1.35 bits per heavy atom. The van der Waals surface area contributed by atoms with Gasteiger partial charge in [0.25, 0.3) is 0 Å². The van der Waals surface area contributed by atoms with Crippen molar-refractivity contribution >= 4 is 17.8 Å². The van der Waals surface area contributed by atoms with Crippen LogP contribution in [0, 0.1) is 0 Å². The largest absolute Gasteiger partial charge is 0.385 e. The molecule has 1 saturated heterocycles. The first-order chi connectivity index (χ1) is 9.59. The van der Waals surface area contributed by atoms with Gasteiger partial charge in [0.1, 0.15) is 0 Å². The number of carbonyl (C=O) groups is 1. The zero-order valence-electron chi connectivity index (χ0n) is 11.8. The van der Waals surface area contributed by atoms with Crippen molar-refractivity contribution < 1.29 is 9.90 Å². The topological polar surface area (TPSA) is 52.6 Å². The summed E-state index contributed by atoms with van der Waals surface area (Å²) < 4.78 is 0. The van der Waals surface area contributed by atoms with Gasteiger partial charge < -0.3 is 15.3 Å². The highest BCUT2D eigenvalue weighted by molar-refractivity contribution is 7.99. The lowest BCUT2D eigenvalue weighted by Gasteiger charge is -2.28. The molecule has 5 heteroatoms. The van der Waals surface area contributed by atoms with Gasteiger partial charge in [-0.25, -0.2) is 4.79 Å². The van der Waals surface area contributed by atoms with E-state index in [2.05, 4.69) is 5.32 Å². The molecule has 2 amide bonds. The number of urea groups is 1. The fourth-order valence-corrected chi connectivity index (χ4v) is 3.14. The van der Waals surface area contributed by atoms with Crippen molar-refractivity contribution in [1.82, 2.24) is 10.2 Å². The Kier molecular flexibility index (Phi) is 5.31. The van der Waals surface area contributed by atoms with Gasteiger partial charge in [0, 0.05) is 31.1 Å². The molecule has 1 aliphatic heterocycles. The summed E-state index contributed by atoms with van der Waals surface area (Å²) in [7, 11) is 0. The maximum Gasteiger partial charge on any atom is 0.317 e. The highest BCUT2D eigenvalue weighted by Gasteiger charge is 2.23. The lowest BCUT2D eigenvalue weighted by molar-refractivity contribution is 0.0484. The molecule has 4 nitrogen and oxygen atoms in total. The molecule has 1 unspecified atom stereocenters. The Morgan fingerprint density at radius 3 is 2.65 bits per heavy atom. The molecule has 1 aliphatic rings. The second-order valence-corrected chi connectivity index (χ2v) is 6.45. The molecule has 0 radical (unpaired) electrons. The summed E-state index contributed by atoms with van der Waals surface area (Å²) in [5.41, 5.74) is -0.0321. The van der Waals surface area contributed by atoms with E-state index in [4.69, 9.17) is 0 Å². The van der Waals surface area contributed by atoms with Crippen molar-refractivity contribution in [3.05, 3.63) is 35.9 Å². The minimum Gasteiger partial charge on any atom is -0.385 e. The number of nitrogens with zero attached hydrogens (tertiary/aromatic N) is 1. The summed E-state index contributed by atoms with van der Waals surface area (Å²) in [4.78, 5) is 13.8. The number of carbonyl (C=O) groups excluding carboxylic acids is 1. The van der Waals surface area contributed by atoms with E-state index in [-0.39, 0.29) is 6.03 Å². The lowest BCUT2D eigenvalue weighted by Crippen LogP contribution is -2.45. The van der Waals surface area contributed by atoms with Gasteiger partial charge in [0.2, 0.25) is 0 Å². The third kappa shape index (κ3) is 4.15. The Morgan fingerprint density at radius 2 is 2.00 bits per heavy atom.